The highest BCUT2D eigenvalue weighted by Gasteiger charge is 2.23. The average Bonchev–Trinajstić information content (AvgIpc) is 2.89. The van der Waals surface area contributed by atoms with Gasteiger partial charge in [0.25, 0.3) is 0 Å². The van der Waals surface area contributed by atoms with E-state index in [1.54, 1.807) is 6.33 Å². The first kappa shape index (κ1) is 12.4. The molecule has 2 heterocycles. The summed E-state index contributed by atoms with van der Waals surface area (Å²) in [5.41, 5.74) is 1.98. The van der Waals surface area contributed by atoms with Crippen LogP contribution in [0.3, 0.4) is 0 Å². The fourth-order valence-electron chi connectivity index (χ4n) is 2.91. The molecule has 1 fully saturated rings. The fraction of sp³-hybridized carbons (Fsp3) is 0.571. The van der Waals surface area contributed by atoms with E-state index < -0.39 is 0 Å². The Hall–Kier alpha value is -1.62. The Balaban J connectivity index is 1.68. The molecular formula is C14H21N5. The lowest BCUT2D eigenvalue weighted by atomic mass is 9.90. The van der Waals surface area contributed by atoms with Crippen LogP contribution in [0.1, 0.15) is 25.7 Å². The number of nitrogens with zero attached hydrogens (tertiary/aromatic N) is 3. The molecule has 5 heteroatoms. The summed E-state index contributed by atoms with van der Waals surface area (Å²) in [6, 6.07) is 3.23. The molecule has 1 aliphatic carbocycles. The van der Waals surface area contributed by atoms with E-state index in [4.69, 9.17) is 0 Å². The van der Waals surface area contributed by atoms with Crippen LogP contribution in [0.15, 0.2) is 18.6 Å². The molecule has 0 amide bonds. The zero-order chi connectivity index (χ0) is 13.2. The van der Waals surface area contributed by atoms with Gasteiger partial charge in [-0.05, 0) is 45.8 Å². The van der Waals surface area contributed by atoms with E-state index in [0.29, 0.717) is 6.04 Å². The average molecular weight is 259 g/mol. The van der Waals surface area contributed by atoms with Gasteiger partial charge < -0.3 is 15.2 Å². The van der Waals surface area contributed by atoms with Crippen LogP contribution < -0.4 is 5.32 Å². The van der Waals surface area contributed by atoms with Gasteiger partial charge in [0.1, 0.15) is 11.8 Å². The Kier molecular flexibility index (Phi) is 3.38. The summed E-state index contributed by atoms with van der Waals surface area (Å²) in [7, 11) is 4.34. The maximum atomic E-state index is 4.36. The summed E-state index contributed by atoms with van der Waals surface area (Å²) in [5, 5.41) is 3.57. The molecule has 0 bridgehead atoms. The first-order valence-corrected chi connectivity index (χ1v) is 6.95. The minimum Gasteiger partial charge on any atom is -0.365 e. The van der Waals surface area contributed by atoms with Crippen molar-refractivity contribution in [3.8, 4) is 0 Å². The number of rotatable bonds is 3. The predicted molar refractivity (Wildman–Crippen MR) is 77.2 cm³/mol. The summed E-state index contributed by atoms with van der Waals surface area (Å²) in [6.45, 7) is 0. The van der Waals surface area contributed by atoms with Gasteiger partial charge in [0.15, 0.2) is 5.82 Å². The molecule has 0 saturated heterocycles. The standard InChI is InChI=1S/C14H21N5/c1-19(2)11-5-3-10(4-6-11)18-14-13-12(7-8-15-13)16-9-17-14/h7-11,15H,3-6H2,1-2H3,(H,16,17,18). The molecule has 2 aromatic rings. The van der Waals surface area contributed by atoms with Gasteiger partial charge in [0, 0.05) is 18.3 Å². The summed E-state index contributed by atoms with van der Waals surface area (Å²) in [4.78, 5) is 14.2. The third kappa shape index (κ3) is 2.56. The molecule has 2 aromatic heterocycles. The van der Waals surface area contributed by atoms with Gasteiger partial charge in [-0.2, -0.15) is 0 Å². The third-order valence-corrected chi connectivity index (χ3v) is 4.11. The van der Waals surface area contributed by atoms with Crippen molar-refractivity contribution in [3.63, 3.8) is 0 Å². The number of fused-ring (bicyclic) bond motifs is 1. The first-order valence-electron chi connectivity index (χ1n) is 6.95. The van der Waals surface area contributed by atoms with Crippen LogP contribution in [0.4, 0.5) is 5.82 Å². The molecular weight excluding hydrogens is 238 g/mol. The van der Waals surface area contributed by atoms with Crippen molar-refractivity contribution in [3.05, 3.63) is 18.6 Å². The van der Waals surface area contributed by atoms with Crippen molar-refractivity contribution in [1.29, 1.82) is 0 Å². The summed E-state index contributed by atoms with van der Waals surface area (Å²) in [6.07, 6.45) is 8.45. The van der Waals surface area contributed by atoms with Crippen LogP contribution in [-0.2, 0) is 0 Å². The molecule has 0 aromatic carbocycles. The highest BCUT2D eigenvalue weighted by molar-refractivity contribution is 5.85. The van der Waals surface area contributed by atoms with E-state index in [1.165, 1.54) is 25.7 Å². The number of aromatic amines is 1. The molecule has 0 atom stereocenters. The van der Waals surface area contributed by atoms with Gasteiger partial charge in [0.2, 0.25) is 0 Å². The van der Waals surface area contributed by atoms with Gasteiger partial charge in [-0.1, -0.05) is 0 Å². The Labute approximate surface area is 113 Å². The van der Waals surface area contributed by atoms with Crippen molar-refractivity contribution in [2.45, 2.75) is 37.8 Å². The Morgan fingerprint density at radius 3 is 2.74 bits per heavy atom. The quantitative estimate of drug-likeness (QED) is 0.887. The molecule has 0 spiro atoms. The van der Waals surface area contributed by atoms with E-state index in [-0.39, 0.29) is 0 Å². The minimum atomic E-state index is 0.526. The van der Waals surface area contributed by atoms with Crippen LogP contribution in [-0.4, -0.2) is 46.0 Å². The second-order valence-corrected chi connectivity index (χ2v) is 5.57. The molecule has 0 radical (unpaired) electrons. The van der Waals surface area contributed by atoms with Gasteiger partial charge in [-0.3, -0.25) is 0 Å². The lowest BCUT2D eigenvalue weighted by molar-refractivity contribution is 0.221. The molecule has 1 saturated carbocycles. The monoisotopic (exact) mass is 259 g/mol. The van der Waals surface area contributed by atoms with Crippen LogP contribution in [0.5, 0.6) is 0 Å². The van der Waals surface area contributed by atoms with Crippen molar-refractivity contribution in [1.82, 2.24) is 19.9 Å². The Morgan fingerprint density at radius 2 is 2.00 bits per heavy atom. The van der Waals surface area contributed by atoms with Gasteiger partial charge in [-0.15, -0.1) is 0 Å². The first-order chi connectivity index (χ1) is 9.24. The Bertz CT molecular complexity index is 540. The summed E-state index contributed by atoms with van der Waals surface area (Å²) in [5.74, 6) is 0.934. The van der Waals surface area contributed by atoms with Gasteiger partial charge in [-0.25, -0.2) is 9.97 Å². The summed E-state index contributed by atoms with van der Waals surface area (Å²) < 4.78 is 0. The third-order valence-electron chi connectivity index (χ3n) is 4.11. The normalized spacial score (nSPS) is 23.9. The number of anilines is 1. The van der Waals surface area contributed by atoms with Crippen LogP contribution in [0, 0.1) is 0 Å². The highest BCUT2D eigenvalue weighted by Crippen LogP contribution is 2.25. The van der Waals surface area contributed by atoms with Crippen LogP contribution >= 0.6 is 0 Å². The predicted octanol–water partition coefficient (Wildman–Crippen LogP) is 2.24. The van der Waals surface area contributed by atoms with E-state index in [1.807, 2.05) is 12.3 Å². The Morgan fingerprint density at radius 1 is 1.21 bits per heavy atom. The topological polar surface area (TPSA) is 56.8 Å². The molecule has 3 rings (SSSR count). The smallest absolute Gasteiger partial charge is 0.154 e. The largest absolute Gasteiger partial charge is 0.365 e. The highest BCUT2D eigenvalue weighted by atomic mass is 15.1. The fourth-order valence-corrected chi connectivity index (χ4v) is 2.91. The molecule has 5 nitrogen and oxygen atoms in total. The number of hydrogen-bond acceptors (Lipinski definition) is 4. The molecule has 1 aliphatic rings. The second kappa shape index (κ2) is 5.17. The number of H-pyrrole nitrogens is 1. The van der Waals surface area contributed by atoms with E-state index >= 15 is 0 Å². The van der Waals surface area contributed by atoms with E-state index in [2.05, 4.69) is 39.3 Å². The van der Waals surface area contributed by atoms with Crippen LogP contribution in [0.25, 0.3) is 11.0 Å². The van der Waals surface area contributed by atoms with Gasteiger partial charge in [0.05, 0.1) is 5.52 Å². The second-order valence-electron chi connectivity index (χ2n) is 5.57. The lowest BCUT2D eigenvalue weighted by Crippen LogP contribution is -2.36. The van der Waals surface area contributed by atoms with E-state index in [0.717, 1.165) is 22.9 Å². The number of aromatic nitrogens is 3. The summed E-state index contributed by atoms with van der Waals surface area (Å²) >= 11 is 0. The maximum Gasteiger partial charge on any atom is 0.154 e. The van der Waals surface area contributed by atoms with Crippen molar-refractivity contribution in [2.75, 3.05) is 19.4 Å². The zero-order valence-electron chi connectivity index (χ0n) is 11.6. The number of nitrogens with one attached hydrogen (secondary N) is 2. The zero-order valence-corrected chi connectivity index (χ0v) is 11.6. The SMILES string of the molecule is CN(C)C1CCC(Nc2ncnc3cc[nH]c23)CC1. The maximum absolute atomic E-state index is 4.36. The molecule has 102 valence electrons. The van der Waals surface area contributed by atoms with Crippen molar-refractivity contribution in [2.24, 2.45) is 0 Å². The molecule has 0 unspecified atom stereocenters. The molecule has 0 aliphatic heterocycles. The molecule has 2 N–H and O–H groups in total. The number of hydrogen-bond donors (Lipinski definition) is 2. The lowest BCUT2D eigenvalue weighted by Gasteiger charge is -2.33. The molecule has 19 heavy (non-hydrogen) atoms. The minimum absolute atomic E-state index is 0.526. The van der Waals surface area contributed by atoms with Crippen molar-refractivity contribution < 1.29 is 0 Å². The van der Waals surface area contributed by atoms with Crippen molar-refractivity contribution >= 4 is 16.9 Å². The van der Waals surface area contributed by atoms with E-state index in [9.17, 15) is 0 Å². The van der Waals surface area contributed by atoms with Gasteiger partial charge >= 0.3 is 0 Å². The van der Waals surface area contributed by atoms with Crippen LogP contribution in [0.2, 0.25) is 0 Å².